The van der Waals surface area contributed by atoms with Gasteiger partial charge < -0.3 is 15.0 Å². The van der Waals surface area contributed by atoms with E-state index in [1.165, 1.54) is 23.0 Å². The van der Waals surface area contributed by atoms with E-state index in [-0.39, 0.29) is 18.1 Å². The number of esters is 1. The number of aryl methyl sites for hydroxylation is 2. The number of hydrogen-bond acceptors (Lipinski definition) is 4. The molecular formula is C14H15F2N3O2. The van der Waals surface area contributed by atoms with Crippen molar-refractivity contribution < 1.29 is 18.3 Å². The van der Waals surface area contributed by atoms with Crippen molar-refractivity contribution in [1.29, 1.82) is 0 Å². The number of carbonyl (C=O) groups excluding carboxylic acids is 1. The lowest BCUT2D eigenvalue weighted by Crippen LogP contribution is -2.10. The van der Waals surface area contributed by atoms with Gasteiger partial charge in [-0.15, -0.1) is 0 Å². The summed E-state index contributed by atoms with van der Waals surface area (Å²) in [5.74, 6) is -1.68. The third-order valence-electron chi connectivity index (χ3n) is 2.91. The second-order valence-electron chi connectivity index (χ2n) is 4.42. The number of rotatable bonds is 5. The van der Waals surface area contributed by atoms with Gasteiger partial charge in [0.25, 0.3) is 0 Å². The largest absolute Gasteiger partial charge is 0.461 e. The molecule has 0 aliphatic heterocycles. The molecule has 0 radical (unpaired) electrons. The molecule has 0 saturated heterocycles. The van der Waals surface area contributed by atoms with Crippen LogP contribution >= 0.6 is 0 Å². The van der Waals surface area contributed by atoms with Gasteiger partial charge in [0, 0.05) is 12.6 Å². The molecule has 0 aliphatic carbocycles. The van der Waals surface area contributed by atoms with E-state index < -0.39 is 17.6 Å². The molecule has 1 aromatic heterocycles. The summed E-state index contributed by atoms with van der Waals surface area (Å²) in [6.45, 7) is 2.26. The summed E-state index contributed by atoms with van der Waals surface area (Å²) in [5.41, 5.74) is 6.35. The van der Waals surface area contributed by atoms with Crippen molar-refractivity contribution in [2.24, 2.45) is 0 Å². The molecule has 7 heteroatoms. The first kappa shape index (κ1) is 15.0. The minimum Gasteiger partial charge on any atom is -0.461 e. The summed E-state index contributed by atoms with van der Waals surface area (Å²) in [6.07, 6.45) is 1.76. The Bertz CT molecular complexity index is 635. The summed E-state index contributed by atoms with van der Waals surface area (Å²) in [6, 6.07) is 3.32. The van der Waals surface area contributed by atoms with Crippen LogP contribution in [0.2, 0.25) is 0 Å². The van der Waals surface area contributed by atoms with Crippen LogP contribution in [0, 0.1) is 11.6 Å². The molecule has 0 bridgehead atoms. The number of ether oxygens (including phenoxy) is 1. The van der Waals surface area contributed by atoms with Crippen molar-refractivity contribution in [2.75, 3.05) is 12.3 Å². The van der Waals surface area contributed by atoms with E-state index >= 15 is 0 Å². The number of aromatic nitrogens is 2. The van der Waals surface area contributed by atoms with Crippen LogP contribution in [-0.4, -0.2) is 22.1 Å². The van der Waals surface area contributed by atoms with Gasteiger partial charge in [0.05, 0.1) is 12.9 Å². The molecule has 0 unspecified atom stereocenters. The molecule has 0 fully saturated rings. The zero-order valence-corrected chi connectivity index (χ0v) is 11.5. The Morgan fingerprint density at radius 1 is 1.33 bits per heavy atom. The van der Waals surface area contributed by atoms with E-state index in [0.29, 0.717) is 18.5 Å². The Balaban J connectivity index is 2.08. The quantitative estimate of drug-likeness (QED) is 0.858. The van der Waals surface area contributed by atoms with Crippen LogP contribution in [0.4, 0.5) is 14.6 Å². The summed E-state index contributed by atoms with van der Waals surface area (Å²) >= 11 is 0. The maximum atomic E-state index is 13.1. The fourth-order valence-corrected chi connectivity index (χ4v) is 1.93. The van der Waals surface area contributed by atoms with Crippen molar-refractivity contribution in [3.8, 4) is 0 Å². The lowest BCUT2D eigenvalue weighted by molar-refractivity contribution is 0.0521. The Labute approximate surface area is 120 Å². The molecule has 0 spiro atoms. The fourth-order valence-electron chi connectivity index (χ4n) is 1.93. The van der Waals surface area contributed by atoms with Crippen molar-refractivity contribution >= 4 is 11.8 Å². The first-order valence-corrected chi connectivity index (χ1v) is 6.44. The van der Waals surface area contributed by atoms with Gasteiger partial charge in [-0.3, -0.25) is 0 Å². The first-order chi connectivity index (χ1) is 10.0. The smallest absolute Gasteiger partial charge is 0.360 e. The Morgan fingerprint density at radius 3 is 2.62 bits per heavy atom. The molecule has 2 rings (SSSR count). The Kier molecular flexibility index (Phi) is 4.52. The molecule has 1 aromatic carbocycles. The normalized spacial score (nSPS) is 10.6. The SMILES string of the molecule is CCOC(=O)c1ncn(CCc2cc(F)cc(F)c2)c1N. The predicted octanol–water partition coefficient (Wildman–Crippen LogP) is 2.16. The third kappa shape index (κ3) is 3.56. The number of halogens is 2. The number of carbonyl (C=O) groups is 1. The maximum Gasteiger partial charge on any atom is 0.360 e. The number of nitrogen functional groups attached to an aromatic ring is 1. The Hall–Kier alpha value is -2.44. The van der Waals surface area contributed by atoms with Gasteiger partial charge in [0.1, 0.15) is 17.5 Å². The first-order valence-electron chi connectivity index (χ1n) is 6.44. The lowest BCUT2D eigenvalue weighted by atomic mass is 10.1. The van der Waals surface area contributed by atoms with Crippen LogP contribution < -0.4 is 5.73 Å². The van der Waals surface area contributed by atoms with Crippen LogP contribution in [0.1, 0.15) is 23.0 Å². The molecule has 112 valence electrons. The Morgan fingerprint density at radius 2 is 2.00 bits per heavy atom. The summed E-state index contributed by atoms with van der Waals surface area (Å²) in [7, 11) is 0. The average Bonchev–Trinajstić information content (AvgIpc) is 2.77. The van der Waals surface area contributed by atoms with Crippen molar-refractivity contribution in [2.45, 2.75) is 19.9 Å². The molecule has 0 aliphatic rings. The highest BCUT2D eigenvalue weighted by Gasteiger charge is 2.16. The highest BCUT2D eigenvalue weighted by molar-refractivity contribution is 5.92. The number of hydrogen-bond donors (Lipinski definition) is 1. The average molecular weight is 295 g/mol. The second-order valence-corrected chi connectivity index (χ2v) is 4.42. The highest BCUT2D eigenvalue weighted by atomic mass is 19.1. The molecule has 2 aromatic rings. The number of imidazole rings is 1. The van der Waals surface area contributed by atoms with Crippen LogP contribution in [0.25, 0.3) is 0 Å². The number of benzene rings is 1. The van der Waals surface area contributed by atoms with Crippen molar-refractivity contribution in [3.63, 3.8) is 0 Å². The van der Waals surface area contributed by atoms with Gasteiger partial charge in [-0.05, 0) is 31.0 Å². The summed E-state index contributed by atoms with van der Waals surface area (Å²) in [4.78, 5) is 15.5. The minimum absolute atomic E-state index is 0.0438. The van der Waals surface area contributed by atoms with Crippen LogP contribution in [0.15, 0.2) is 24.5 Å². The van der Waals surface area contributed by atoms with Gasteiger partial charge in [-0.25, -0.2) is 18.6 Å². The molecule has 5 nitrogen and oxygen atoms in total. The highest BCUT2D eigenvalue weighted by Crippen LogP contribution is 2.14. The number of nitrogens with two attached hydrogens (primary N) is 1. The fraction of sp³-hybridized carbons (Fsp3) is 0.286. The van der Waals surface area contributed by atoms with E-state index in [2.05, 4.69) is 4.98 Å². The standard InChI is InChI=1S/C14H15F2N3O2/c1-2-21-14(20)12-13(17)19(8-18-12)4-3-9-5-10(15)7-11(16)6-9/h5-8H,2-4,17H2,1H3. The van der Waals surface area contributed by atoms with Crippen LogP contribution in [0.5, 0.6) is 0 Å². The zero-order valence-electron chi connectivity index (χ0n) is 11.5. The summed E-state index contributed by atoms with van der Waals surface area (Å²) < 4.78 is 32.5. The number of anilines is 1. The zero-order chi connectivity index (χ0) is 15.4. The minimum atomic E-state index is -0.629. The van der Waals surface area contributed by atoms with Crippen molar-refractivity contribution in [3.05, 3.63) is 47.4 Å². The predicted molar refractivity (Wildman–Crippen MR) is 72.7 cm³/mol. The molecule has 0 atom stereocenters. The third-order valence-corrected chi connectivity index (χ3v) is 2.91. The topological polar surface area (TPSA) is 70.1 Å². The van der Waals surface area contributed by atoms with Gasteiger partial charge in [-0.1, -0.05) is 0 Å². The molecule has 2 N–H and O–H groups in total. The molecule has 0 amide bonds. The van der Waals surface area contributed by atoms with E-state index in [4.69, 9.17) is 10.5 Å². The summed E-state index contributed by atoms with van der Waals surface area (Å²) in [5, 5.41) is 0. The van der Waals surface area contributed by atoms with E-state index in [1.807, 2.05) is 0 Å². The van der Waals surface area contributed by atoms with E-state index in [9.17, 15) is 13.6 Å². The van der Waals surface area contributed by atoms with E-state index in [1.54, 1.807) is 6.92 Å². The van der Waals surface area contributed by atoms with E-state index in [0.717, 1.165) is 6.07 Å². The molecular weight excluding hydrogens is 280 g/mol. The monoisotopic (exact) mass is 295 g/mol. The molecule has 0 saturated carbocycles. The van der Waals surface area contributed by atoms with Gasteiger partial charge in [0.2, 0.25) is 0 Å². The molecule has 21 heavy (non-hydrogen) atoms. The van der Waals surface area contributed by atoms with Crippen molar-refractivity contribution in [1.82, 2.24) is 9.55 Å². The van der Waals surface area contributed by atoms with Gasteiger partial charge in [0.15, 0.2) is 5.69 Å². The lowest BCUT2D eigenvalue weighted by Gasteiger charge is -2.06. The van der Waals surface area contributed by atoms with Gasteiger partial charge in [-0.2, -0.15) is 0 Å². The van der Waals surface area contributed by atoms with Gasteiger partial charge >= 0.3 is 5.97 Å². The molecule has 1 heterocycles. The second kappa shape index (κ2) is 6.34. The maximum absolute atomic E-state index is 13.1. The van der Waals surface area contributed by atoms with Crippen LogP contribution in [-0.2, 0) is 17.7 Å². The number of nitrogens with zero attached hydrogens (tertiary/aromatic N) is 2. The van der Waals surface area contributed by atoms with Crippen LogP contribution in [0.3, 0.4) is 0 Å².